The summed E-state index contributed by atoms with van der Waals surface area (Å²) >= 11 is 0. The summed E-state index contributed by atoms with van der Waals surface area (Å²) in [6.45, 7) is 4.44. The fraction of sp³-hybridized carbons (Fsp3) is 0.600. The molecule has 106 valence electrons. The van der Waals surface area contributed by atoms with Gasteiger partial charge in [-0.2, -0.15) is 0 Å². The average molecular weight is 265 g/mol. The number of fused-ring (bicyclic) bond motifs is 1. The summed E-state index contributed by atoms with van der Waals surface area (Å²) in [7, 11) is 4.14. The number of nitrogens with zero attached hydrogens (tertiary/aromatic N) is 1. The largest absolute Gasteiger partial charge is 0.449 e. The van der Waals surface area contributed by atoms with Crippen LogP contribution < -0.4 is 9.47 Å². The molecule has 1 aliphatic heterocycles. The van der Waals surface area contributed by atoms with Crippen molar-refractivity contribution in [1.29, 1.82) is 0 Å². The van der Waals surface area contributed by atoms with Crippen LogP contribution in [0.2, 0.25) is 0 Å². The topological polar surface area (TPSA) is 30.9 Å². The van der Waals surface area contributed by atoms with Crippen LogP contribution in [0, 0.1) is 0 Å². The second-order valence-corrected chi connectivity index (χ2v) is 5.30. The summed E-state index contributed by atoms with van der Waals surface area (Å²) < 4.78 is 17.3. The number of rotatable bonds is 7. The molecule has 19 heavy (non-hydrogen) atoms. The van der Waals surface area contributed by atoms with Gasteiger partial charge in [-0.15, -0.1) is 0 Å². The fourth-order valence-corrected chi connectivity index (χ4v) is 2.05. The van der Waals surface area contributed by atoms with Crippen LogP contribution in [0.15, 0.2) is 24.3 Å². The number of benzene rings is 1. The third-order valence-corrected chi connectivity index (χ3v) is 3.10. The molecule has 1 aromatic carbocycles. The molecule has 0 bridgehead atoms. The molecule has 0 saturated carbocycles. The SMILES string of the molecule is CN(C)CCCOCCC1(C)Oc2ccccc2O1. The van der Waals surface area contributed by atoms with E-state index >= 15 is 0 Å². The van der Waals surface area contributed by atoms with Gasteiger partial charge in [0.2, 0.25) is 0 Å². The zero-order valence-electron chi connectivity index (χ0n) is 12.0. The normalized spacial score (nSPS) is 16.0. The minimum atomic E-state index is -0.592. The number of hydrogen-bond donors (Lipinski definition) is 0. The van der Waals surface area contributed by atoms with Gasteiger partial charge in [0.15, 0.2) is 11.5 Å². The van der Waals surface area contributed by atoms with Crippen molar-refractivity contribution in [2.75, 3.05) is 33.9 Å². The Kier molecular flexibility index (Phi) is 4.66. The van der Waals surface area contributed by atoms with E-state index in [0.717, 1.165) is 37.5 Å². The van der Waals surface area contributed by atoms with Crippen molar-refractivity contribution < 1.29 is 14.2 Å². The van der Waals surface area contributed by atoms with Gasteiger partial charge in [-0.1, -0.05) is 12.1 Å². The first-order valence-electron chi connectivity index (χ1n) is 6.79. The maximum atomic E-state index is 5.83. The van der Waals surface area contributed by atoms with Gasteiger partial charge in [-0.05, 0) is 39.2 Å². The van der Waals surface area contributed by atoms with Crippen molar-refractivity contribution in [3.8, 4) is 11.5 Å². The average Bonchev–Trinajstić information content (AvgIpc) is 2.69. The minimum Gasteiger partial charge on any atom is -0.449 e. The fourth-order valence-electron chi connectivity index (χ4n) is 2.05. The van der Waals surface area contributed by atoms with E-state index in [-0.39, 0.29) is 0 Å². The first-order chi connectivity index (χ1) is 9.09. The minimum absolute atomic E-state index is 0.592. The van der Waals surface area contributed by atoms with Crippen molar-refractivity contribution in [3.63, 3.8) is 0 Å². The lowest BCUT2D eigenvalue weighted by Gasteiger charge is -2.22. The van der Waals surface area contributed by atoms with E-state index in [9.17, 15) is 0 Å². The highest BCUT2D eigenvalue weighted by molar-refractivity contribution is 5.42. The molecule has 2 rings (SSSR count). The molecule has 0 atom stereocenters. The summed E-state index contributed by atoms with van der Waals surface area (Å²) in [6.07, 6.45) is 1.77. The molecule has 0 fully saturated rings. The monoisotopic (exact) mass is 265 g/mol. The summed E-state index contributed by atoms with van der Waals surface area (Å²) in [5, 5.41) is 0. The highest BCUT2D eigenvalue weighted by Gasteiger charge is 2.36. The highest BCUT2D eigenvalue weighted by atomic mass is 16.7. The number of hydrogen-bond acceptors (Lipinski definition) is 4. The molecule has 0 saturated heterocycles. The molecule has 0 amide bonds. The predicted octanol–water partition coefficient (Wildman–Crippen LogP) is 2.53. The summed E-state index contributed by atoms with van der Waals surface area (Å²) in [5.41, 5.74) is 0. The van der Waals surface area contributed by atoms with E-state index in [1.807, 2.05) is 31.2 Å². The highest BCUT2D eigenvalue weighted by Crippen LogP contribution is 2.40. The molecule has 0 aromatic heterocycles. The Morgan fingerprint density at radius 2 is 1.74 bits per heavy atom. The Morgan fingerprint density at radius 3 is 2.32 bits per heavy atom. The van der Waals surface area contributed by atoms with E-state index in [4.69, 9.17) is 14.2 Å². The zero-order chi connectivity index (χ0) is 13.7. The van der Waals surface area contributed by atoms with Crippen LogP contribution in [0.1, 0.15) is 19.8 Å². The maximum Gasteiger partial charge on any atom is 0.251 e. The van der Waals surface area contributed by atoms with Gasteiger partial charge in [0, 0.05) is 20.0 Å². The Balaban J connectivity index is 1.67. The van der Waals surface area contributed by atoms with Crippen molar-refractivity contribution in [2.45, 2.75) is 25.6 Å². The molecule has 4 heteroatoms. The van der Waals surface area contributed by atoms with Gasteiger partial charge in [-0.25, -0.2) is 0 Å². The van der Waals surface area contributed by atoms with E-state index in [1.54, 1.807) is 0 Å². The quantitative estimate of drug-likeness (QED) is 0.709. The lowest BCUT2D eigenvalue weighted by atomic mass is 10.2. The molecule has 4 nitrogen and oxygen atoms in total. The van der Waals surface area contributed by atoms with Crippen molar-refractivity contribution in [2.24, 2.45) is 0 Å². The van der Waals surface area contributed by atoms with E-state index < -0.39 is 5.79 Å². The third kappa shape index (κ3) is 4.11. The van der Waals surface area contributed by atoms with Gasteiger partial charge in [-0.3, -0.25) is 0 Å². The molecule has 1 heterocycles. The lowest BCUT2D eigenvalue weighted by Crippen LogP contribution is -2.36. The predicted molar refractivity (Wildman–Crippen MR) is 74.7 cm³/mol. The van der Waals surface area contributed by atoms with Crippen molar-refractivity contribution in [1.82, 2.24) is 4.90 Å². The molecular weight excluding hydrogens is 242 g/mol. The van der Waals surface area contributed by atoms with Crippen LogP contribution in [0.3, 0.4) is 0 Å². The van der Waals surface area contributed by atoms with Gasteiger partial charge < -0.3 is 19.1 Å². The first-order valence-corrected chi connectivity index (χ1v) is 6.79. The molecule has 0 unspecified atom stereocenters. The van der Waals surface area contributed by atoms with Crippen molar-refractivity contribution in [3.05, 3.63) is 24.3 Å². The Hall–Kier alpha value is -1.26. The molecule has 0 aliphatic carbocycles. The zero-order valence-corrected chi connectivity index (χ0v) is 12.0. The van der Waals surface area contributed by atoms with Crippen molar-refractivity contribution >= 4 is 0 Å². The van der Waals surface area contributed by atoms with Gasteiger partial charge >= 0.3 is 0 Å². The third-order valence-electron chi connectivity index (χ3n) is 3.10. The standard InChI is InChI=1S/C15H23NO3/c1-15(9-12-17-11-6-10-16(2)3)18-13-7-4-5-8-14(13)19-15/h4-5,7-8H,6,9-12H2,1-3H3. The second-order valence-electron chi connectivity index (χ2n) is 5.30. The van der Waals surface area contributed by atoms with E-state index in [1.165, 1.54) is 0 Å². The van der Waals surface area contributed by atoms with Crippen LogP contribution in [-0.2, 0) is 4.74 Å². The van der Waals surface area contributed by atoms with Crippen LogP contribution in [-0.4, -0.2) is 44.5 Å². The van der Waals surface area contributed by atoms with Gasteiger partial charge in [0.25, 0.3) is 5.79 Å². The Morgan fingerprint density at radius 1 is 1.11 bits per heavy atom. The van der Waals surface area contributed by atoms with Gasteiger partial charge in [0.1, 0.15) is 0 Å². The van der Waals surface area contributed by atoms with E-state index in [0.29, 0.717) is 6.61 Å². The molecule has 0 radical (unpaired) electrons. The van der Waals surface area contributed by atoms with Gasteiger partial charge in [0.05, 0.1) is 6.61 Å². The summed E-state index contributed by atoms with van der Waals surface area (Å²) in [6, 6.07) is 7.76. The molecule has 0 N–H and O–H groups in total. The maximum absolute atomic E-state index is 5.83. The van der Waals surface area contributed by atoms with Crippen LogP contribution >= 0.6 is 0 Å². The molecule has 0 spiro atoms. The second kappa shape index (κ2) is 6.26. The summed E-state index contributed by atoms with van der Waals surface area (Å²) in [4.78, 5) is 2.16. The summed E-state index contributed by atoms with van der Waals surface area (Å²) in [5.74, 6) is 1.04. The van der Waals surface area contributed by atoms with E-state index in [2.05, 4.69) is 19.0 Å². The Labute approximate surface area is 115 Å². The molecule has 1 aromatic rings. The first kappa shape index (κ1) is 14.2. The molecular formula is C15H23NO3. The molecule has 1 aliphatic rings. The van der Waals surface area contributed by atoms with Crippen LogP contribution in [0.25, 0.3) is 0 Å². The number of ether oxygens (including phenoxy) is 3. The Bertz CT molecular complexity index is 381. The number of para-hydroxylation sites is 2. The van der Waals surface area contributed by atoms with Crippen LogP contribution in [0.5, 0.6) is 11.5 Å². The lowest BCUT2D eigenvalue weighted by molar-refractivity contribution is -0.0837. The smallest absolute Gasteiger partial charge is 0.251 e. The van der Waals surface area contributed by atoms with Crippen LogP contribution in [0.4, 0.5) is 0 Å².